The van der Waals surface area contributed by atoms with Crippen LogP contribution in [0.4, 0.5) is 11.4 Å². The molecule has 5 heteroatoms. The second-order valence-corrected chi connectivity index (χ2v) is 9.46. The molecule has 3 aromatic rings. The molecular weight excluding hydrogens is 416 g/mol. The van der Waals surface area contributed by atoms with E-state index in [4.69, 9.17) is 0 Å². The molecule has 2 amide bonds. The van der Waals surface area contributed by atoms with Crippen LogP contribution < -0.4 is 10.2 Å². The molecule has 2 aliphatic rings. The molecule has 5 rings (SSSR count). The molecule has 0 aromatic heterocycles. The second kappa shape index (κ2) is 9.21. The van der Waals surface area contributed by atoms with Gasteiger partial charge < -0.3 is 5.32 Å². The molecule has 1 unspecified atom stereocenters. The molecule has 3 aromatic carbocycles. The molecular formula is C27H26N2O2S. The first kappa shape index (κ1) is 20.8. The number of hydrogen-bond acceptors (Lipinski definition) is 3. The fourth-order valence-electron chi connectivity index (χ4n) is 4.51. The van der Waals surface area contributed by atoms with E-state index in [1.807, 2.05) is 59.5 Å². The number of thioether (sulfide) groups is 1. The number of hydrogen-bond donors (Lipinski definition) is 1. The highest BCUT2D eigenvalue weighted by molar-refractivity contribution is 8.00. The van der Waals surface area contributed by atoms with Crippen molar-refractivity contribution in [1.82, 2.24) is 0 Å². The Morgan fingerprint density at radius 3 is 2.56 bits per heavy atom. The molecule has 0 radical (unpaired) electrons. The minimum Gasteiger partial charge on any atom is -0.326 e. The molecule has 162 valence electrons. The van der Waals surface area contributed by atoms with Crippen molar-refractivity contribution in [1.29, 1.82) is 0 Å². The van der Waals surface area contributed by atoms with E-state index in [0.717, 1.165) is 41.8 Å². The summed E-state index contributed by atoms with van der Waals surface area (Å²) < 4.78 is 0. The van der Waals surface area contributed by atoms with Crippen molar-refractivity contribution in [2.24, 2.45) is 0 Å². The maximum atomic E-state index is 12.7. The molecule has 0 bridgehead atoms. The standard InChI is InChI=1S/C27H26N2O2S/c30-25(16-9-19-5-2-1-3-6-19)28-23-13-10-21(11-14-23)27-29(26(31)18-32-27)24-15-12-20-7-4-8-22(20)17-24/h1-3,5-6,10-15,17,27H,4,7-9,16,18H2,(H,28,30). The van der Waals surface area contributed by atoms with Crippen molar-refractivity contribution in [3.63, 3.8) is 0 Å². The van der Waals surface area contributed by atoms with Gasteiger partial charge >= 0.3 is 0 Å². The van der Waals surface area contributed by atoms with E-state index in [0.29, 0.717) is 12.2 Å². The van der Waals surface area contributed by atoms with Gasteiger partial charge in [-0.3, -0.25) is 14.5 Å². The van der Waals surface area contributed by atoms with E-state index >= 15 is 0 Å². The van der Waals surface area contributed by atoms with E-state index in [1.54, 1.807) is 11.8 Å². The lowest BCUT2D eigenvalue weighted by Crippen LogP contribution is -2.27. The summed E-state index contributed by atoms with van der Waals surface area (Å²) in [5, 5.41) is 2.95. The van der Waals surface area contributed by atoms with Crippen LogP contribution in [0.2, 0.25) is 0 Å². The Bertz CT molecular complexity index is 1130. The van der Waals surface area contributed by atoms with Crippen molar-refractivity contribution in [3.05, 3.63) is 95.1 Å². The molecule has 1 fully saturated rings. The molecule has 1 heterocycles. The Kier molecular flexibility index (Phi) is 5.99. The monoisotopic (exact) mass is 442 g/mol. The number of carbonyl (C=O) groups excluding carboxylic acids is 2. The van der Waals surface area contributed by atoms with Gasteiger partial charge in [0.15, 0.2) is 0 Å². The maximum absolute atomic E-state index is 12.7. The number of fused-ring (bicyclic) bond motifs is 1. The number of carbonyl (C=O) groups is 2. The van der Waals surface area contributed by atoms with Crippen LogP contribution in [0.3, 0.4) is 0 Å². The summed E-state index contributed by atoms with van der Waals surface area (Å²) in [5.74, 6) is 0.641. The Labute approximate surface area is 193 Å². The molecule has 1 atom stereocenters. The second-order valence-electron chi connectivity index (χ2n) is 8.39. The fraction of sp³-hybridized carbons (Fsp3) is 0.259. The number of anilines is 2. The molecule has 1 saturated heterocycles. The third-order valence-electron chi connectivity index (χ3n) is 6.19. The highest BCUT2D eigenvalue weighted by atomic mass is 32.2. The van der Waals surface area contributed by atoms with Gasteiger partial charge in [-0.15, -0.1) is 11.8 Å². The first-order valence-corrected chi connectivity index (χ1v) is 12.2. The molecule has 4 nitrogen and oxygen atoms in total. The van der Waals surface area contributed by atoms with E-state index in [1.165, 1.54) is 17.5 Å². The predicted molar refractivity (Wildman–Crippen MR) is 131 cm³/mol. The van der Waals surface area contributed by atoms with Crippen LogP contribution in [-0.2, 0) is 28.9 Å². The van der Waals surface area contributed by atoms with Crippen molar-refractivity contribution >= 4 is 35.0 Å². The van der Waals surface area contributed by atoms with Crippen LogP contribution >= 0.6 is 11.8 Å². The normalized spacial score (nSPS) is 17.4. The Morgan fingerprint density at radius 1 is 0.969 bits per heavy atom. The Morgan fingerprint density at radius 2 is 1.75 bits per heavy atom. The SMILES string of the molecule is O=C(CCc1ccccc1)Nc1ccc(C2SCC(=O)N2c2ccc3c(c2)CCC3)cc1. The molecule has 32 heavy (non-hydrogen) atoms. The zero-order chi connectivity index (χ0) is 21.9. The van der Waals surface area contributed by atoms with Gasteiger partial charge in [0.25, 0.3) is 0 Å². The van der Waals surface area contributed by atoms with Gasteiger partial charge in [-0.25, -0.2) is 0 Å². The van der Waals surface area contributed by atoms with E-state index in [9.17, 15) is 9.59 Å². The van der Waals surface area contributed by atoms with Gasteiger partial charge in [0.2, 0.25) is 11.8 Å². The van der Waals surface area contributed by atoms with Crippen molar-refractivity contribution < 1.29 is 9.59 Å². The van der Waals surface area contributed by atoms with Crippen LogP contribution in [0.15, 0.2) is 72.8 Å². The highest BCUT2D eigenvalue weighted by Crippen LogP contribution is 2.42. The summed E-state index contributed by atoms with van der Waals surface area (Å²) in [6.45, 7) is 0. The van der Waals surface area contributed by atoms with Gasteiger partial charge in [0.05, 0.1) is 5.75 Å². The van der Waals surface area contributed by atoms with Gasteiger partial charge in [-0.2, -0.15) is 0 Å². The molecule has 1 aliphatic heterocycles. The third kappa shape index (κ3) is 4.44. The topological polar surface area (TPSA) is 49.4 Å². The predicted octanol–water partition coefficient (Wildman–Crippen LogP) is 5.53. The van der Waals surface area contributed by atoms with E-state index in [2.05, 4.69) is 23.5 Å². The summed E-state index contributed by atoms with van der Waals surface area (Å²) in [4.78, 5) is 27.0. The zero-order valence-electron chi connectivity index (χ0n) is 17.9. The van der Waals surface area contributed by atoms with Crippen molar-refractivity contribution in [2.75, 3.05) is 16.0 Å². The smallest absolute Gasteiger partial charge is 0.238 e. The molecule has 1 N–H and O–H groups in total. The number of aryl methyl sites for hydroxylation is 3. The largest absolute Gasteiger partial charge is 0.326 e. The van der Waals surface area contributed by atoms with Crippen LogP contribution in [-0.4, -0.2) is 17.6 Å². The summed E-state index contributed by atoms with van der Waals surface area (Å²) >= 11 is 1.65. The minimum atomic E-state index is -0.0372. The summed E-state index contributed by atoms with van der Waals surface area (Å²) in [6, 6.07) is 24.4. The first-order valence-electron chi connectivity index (χ1n) is 11.2. The van der Waals surface area contributed by atoms with Gasteiger partial charge in [0, 0.05) is 17.8 Å². The van der Waals surface area contributed by atoms with Crippen LogP contribution in [0.5, 0.6) is 0 Å². The van der Waals surface area contributed by atoms with Crippen LogP contribution in [0.1, 0.15) is 40.5 Å². The number of amides is 2. The van der Waals surface area contributed by atoms with Crippen LogP contribution in [0, 0.1) is 0 Å². The van der Waals surface area contributed by atoms with Gasteiger partial charge in [0.1, 0.15) is 5.37 Å². The number of nitrogens with one attached hydrogen (secondary N) is 1. The van der Waals surface area contributed by atoms with E-state index < -0.39 is 0 Å². The lowest BCUT2D eigenvalue weighted by Gasteiger charge is -2.25. The Hall–Kier alpha value is -3.05. The number of benzene rings is 3. The first-order chi connectivity index (χ1) is 15.7. The van der Waals surface area contributed by atoms with E-state index in [-0.39, 0.29) is 17.2 Å². The van der Waals surface area contributed by atoms with Crippen LogP contribution in [0.25, 0.3) is 0 Å². The fourth-order valence-corrected chi connectivity index (χ4v) is 5.69. The average Bonchev–Trinajstić information content (AvgIpc) is 3.45. The highest BCUT2D eigenvalue weighted by Gasteiger charge is 2.34. The molecule has 1 aliphatic carbocycles. The third-order valence-corrected chi connectivity index (χ3v) is 7.40. The van der Waals surface area contributed by atoms with Gasteiger partial charge in [-0.1, -0.05) is 48.5 Å². The summed E-state index contributed by atoms with van der Waals surface area (Å²) in [7, 11) is 0. The van der Waals surface area contributed by atoms with Crippen molar-refractivity contribution in [2.45, 2.75) is 37.5 Å². The van der Waals surface area contributed by atoms with Crippen molar-refractivity contribution in [3.8, 4) is 0 Å². The lowest BCUT2D eigenvalue weighted by molar-refractivity contribution is -0.116. The number of nitrogens with zero attached hydrogens (tertiary/aromatic N) is 1. The molecule has 0 spiro atoms. The minimum absolute atomic E-state index is 0.00629. The maximum Gasteiger partial charge on any atom is 0.238 e. The quantitative estimate of drug-likeness (QED) is 0.546. The lowest BCUT2D eigenvalue weighted by atomic mass is 10.1. The summed E-state index contributed by atoms with van der Waals surface area (Å²) in [6.07, 6.45) is 4.61. The molecule has 0 saturated carbocycles. The van der Waals surface area contributed by atoms with Gasteiger partial charge in [-0.05, 0) is 72.2 Å². The Balaban J connectivity index is 1.25. The average molecular weight is 443 g/mol. The number of rotatable bonds is 6. The zero-order valence-corrected chi connectivity index (χ0v) is 18.7. The summed E-state index contributed by atoms with van der Waals surface area (Å²) in [5.41, 5.74) is 6.79.